The number of hydrogen-bond acceptors (Lipinski definition) is 3. The second-order valence-electron chi connectivity index (χ2n) is 7.15. The van der Waals surface area contributed by atoms with Crippen LogP contribution in [0.15, 0.2) is 30.3 Å². The van der Waals surface area contributed by atoms with Gasteiger partial charge in [0.15, 0.2) is 0 Å². The van der Waals surface area contributed by atoms with Crippen LogP contribution in [0.2, 0.25) is 0 Å². The van der Waals surface area contributed by atoms with E-state index in [1.165, 1.54) is 22.3 Å². The highest BCUT2D eigenvalue weighted by Crippen LogP contribution is 2.33. The zero-order valence-electron chi connectivity index (χ0n) is 16.6. The molecule has 0 aliphatic rings. The summed E-state index contributed by atoms with van der Waals surface area (Å²) in [4.78, 5) is 27.2. The molecule has 3 aromatic rings. The van der Waals surface area contributed by atoms with Gasteiger partial charge in [-0.2, -0.15) is 0 Å². The summed E-state index contributed by atoms with van der Waals surface area (Å²) in [5.41, 5.74) is 4.48. The third-order valence-electron chi connectivity index (χ3n) is 4.77. The number of carbonyl (C=O) groups excluding carboxylic acids is 2. The predicted molar refractivity (Wildman–Crippen MR) is 113 cm³/mol. The molecule has 0 radical (unpaired) electrons. The van der Waals surface area contributed by atoms with Crippen LogP contribution in [0.4, 0.5) is 10.1 Å². The van der Waals surface area contributed by atoms with Crippen LogP contribution in [0.1, 0.15) is 31.9 Å². The Morgan fingerprint density at radius 3 is 2.36 bits per heavy atom. The van der Waals surface area contributed by atoms with Crippen LogP contribution in [0.3, 0.4) is 0 Å². The van der Waals surface area contributed by atoms with E-state index in [1.54, 1.807) is 26.1 Å². The first-order valence-electron chi connectivity index (χ1n) is 8.99. The summed E-state index contributed by atoms with van der Waals surface area (Å²) in [6.45, 7) is 7.55. The first-order valence-corrected chi connectivity index (χ1v) is 9.81. The van der Waals surface area contributed by atoms with E-state index in [0.717, 1.165) is 27.1 Å². The third-order valence-corrected chi connectivity index (χ3v) is 6.01. The minimum absolute atomic E-state index is 0.0816. The molecule has 6 heteroatoms. The van der Waals surface area contributed by atoms with E-state index in [9.17, 15) is 14.0 Å². The monoisotopic (exact) mass is 398 g/mol. The molecule has 2 aromatic carbocycles. The number of fused-ring (bicyclic) bond motifs is 1. The summed E-state index contributed by atoms with van der Waals surface area (Å²) >= 11 is 1.25. The number of hydrogen-bond donors (Lipinski definition) is 1. The van der Waals surface area contributed by atoms with Gasteiger partial charge in [-0.05, 0) is 56.5 Å². The summed E-state index contributed by atoms with van der Waals surface area (Å²) in [5, 5.41) is 3.38. The number of halogens is 1. The summed E-state index contributed by atoms with van der Waals surface area (Å²) in [5.74, 6) is -0.891. The molecule has 0 saturated carbocycles. The third kappa shape index (κ3) is 3.78. The molecule has 146 valence electrons. The van der Waals surface area contributed by atoms with E-state index in [0.29, 0.717) is 15.8 Å². The smallest absolute Gasteiger partial charge is 0.264 e. The lowest BCUT2D eigenvalue weighted by Gasteiger charge is -2.18. The maximum absolute atomic E-state index is 14.1. The quantitative estimate of drug-likeness (QED) is 0.673. The van der Waals surface area contributed by atoms with E-state index >= 15 is 0 Å². The maximum atomic E-state index is 14.1. The van der Waals surface area contributed by atoms with Crippen LogP contribution in [-0.4, -0.2) is 30.3 Å². The molecular formula is C22H23FN2O2S. The van der Waals surface area contributed by atoms with E-state index < -0.39 is 0 Å². The van der Waals surface area contributed by atoms with Crippen molar-refractivity contribution < 1.29 is 14.0 Å². The molecule has 0 aliphatic heterocycles. The topological polar surface area (TPSA) is 49.4 Å². The van der Waals surface area contributed by atoms with E-state index in [2.05, 4.69) is 5.32 Å². The molecule has 0 aliphatic carbocycles. The first kappa shape index (κ1) is 20.0. The number of nitrogens with one attached hydrogen (secondary N) is 1. The second kappa shape index (κ2) is 7.72. The first-order chi connectivity index (χ1) is 13.2. The van der Waals surface area contributed by atoms with Gasteiger partial charge in [0, 0.05) is 22.8 Å². The average Bonchev–Trinajstić information content (AvgIpc) is 2.95. The van der Waals surface area contributed by atoms with Crippen LogP contribution in [0.5, 0.6) is 0 Å². The van der Waals surface area contributed by atoms with Crippen molar-refractivity contribution in [3.05, 3.63) is 63.3 Å². The number of benzene rings is 2. The molecule has 0 saturated heterocycles. The van der Waals surface area contributed by atoms with Crippen molar-refractivity contribution in [2.45, 2.75) is 27.7 Å². The van der Waals surface area contributed by atoms with E-state index in [1.807, 2.05) is 32.9 Å². The Bertz CT molecular complexity index is 1060. The highest BCUT2D eigenvalue weighted by Gasteiger charge is 2.22. The molecular weight excluding hydrogens is 375 g/mol. The van der Waals surface area contributed by atoms with Crippen LogP contribution in [0, 0.1) is 33.5 Å². The lowest BCUT2D eigenvalue weighted by molar-refractivity contribution is -0.116. The number of nitrogens with zero attached hydrogens (tertiary/aromatic N) is 1. The minimum atomic E-state index is -0.337. The highest BCUT2D eigenvalue weighted by molar-refractivity contribution is 7.21. The lowest BCUT2D eigenvalue weighted by Crippen LogP contribution is -2.35. The van der Waals surface area contributed by atoms with Gasteiger partial charge in [-0.1, -0.05) is 23.8 Å². The summed E-state index contributed by atoms with van der Waals surface area (Å²) < 4.78 is 14.8. The van der Waals surface area contributed by atoms with Crippen LogP contribution in [0.25, 0.3) is 10.1 Å². The maximum Gasteiger partial charge on any atom is 0.264 e. The summed E-state index contributed by atoms with van der Waals surface area (Å²) in [6.07, 6.45) is 0. The van der Waals surface area contributed by atoms with Gasteiger partial charge in [-0.3, -0.25) is 9.59 Å². The van der Waals surface area contributed by atoms with Gasteiger partial charge < -0.3 is 10.2 Å². The summed E-state index contributed by atoms with van der Waals surface area (Å²) in [7, 11) is 1.58. The molecule has 0 unspecified atom stereocenters. The van der Waals surface area contributed by atoms with Gasteiger partial charge in [0.2, 0.25) is 5.91 Å². The number of anilines is 1. The normalized spacial score (nSPS) is 10.9. The predicted octanol–water partition coefficient (Wildman–Crippen LogP) is 4.98. The zero-order valence-corrected chi connectivity index (χ0v) is 17.5. The van der Waals surface area contributed by atoms with Gasteiger partial charge >= 0.3 is 0 Å². The molecule has 0 atom stereocenters. The van der Waals surface area contributed by atoms with Gasteiger partial charge in [-0.25, -0.2) is 4.39 Å². The molecule has 1 N–H and O–H groups in total. The molecule has 1 heterocycles. The fourth-order valence-corrected chi connectivity index (χ4v) is 4.69. The van der Waals surface area contributed by atoms with Gasteiger partial charge in [-0.15, -0.1) is 11.3 Å². The molecule has 4 nitrogen and oxygen atoms in total. The van der Waals surface area contributed by atoms with Crippen molar-refractivity contribution >= 4 is 38.9 Å². The molecule has 3 rings (SSSR count). The van der Waals surface area contributed by atoms with Crippen LogP contribution in [-0.2, 0) is 4.79 Å². The lowest BCUT2D eigenvalue weighted by atomic mass is 10.1. The fourth-order valence-electron chi connectivity index (χ4n) is 3.47. The zero-order chi connectivity index (χ0) is 20.6. The van der Waals surface area contributed by atoms with Crippen LogP contribution >= 0.6 is 11.3 Å². The van der Waals surface area contributed by atoms with Crippen molar-refractivity contribution in [2.24, 2.45) is 0 Å². The molecule has 0 fully saturated rings. The van der Waals surface area contributed by atoms with Crippen molar-refractivity contribution in [1.82, 2.24) is 4.90 Å². The number of carbonyl (C=O) groups is 2. The van der Waals surface area contributed by atoms with Crippen molar-refractivity contribution in [1.29, 1.82) is 0 Å². The standard InChI is InChI=1S/C22H23FN2O2S/c1-12-9-13(2)20(14(3)10-12)24-18(26)11-25(5)22(27)21-15(4)19-16(23)7-6-8-17(19)28-21/h6-10H,11H2,1-5H3,(H,24,26). The van der Waals surface area contributed by atoms with Crippen LogP contribution < -0.4 is 5.32 Å². The number of aryl methyl sites for hydroxylation is 4. The van der Waals surface area contributed by atoms with Gasteiger partial charge in [0.05, 0.1) is 11.4 Å². The number of rotatable bonds is 4. The number of amides is 2. The molecule has 2 amide bonds. The summed E-state index contributed by atoms with van der Waals surface area (Å²) in [6, 6.07) is 8.83. The average molecular weight is 399 g/mol. The Hall–Kier alpha value is -2.73. The molecule has 1 aromatic heterocycles. The van der Waals surface area contributed by atoms with Gasteiger partial charge in [0.25, 0.3) is 5.91 Å². The Labute approximate surface area is 168 Å². The molecule has 0 spiro atoms. The van der Waals surface area contributed by atoms with E-state index in [-0.39, 0.29) is 24.2 Å². The number of likely N-dealkylation sites (N-methyl/N-ethyl adjacent to an activating group) is 1. The second-order valence-corrected chi connectivity index (χ2v) is 8.20. The largest absolute Gasteiger partial charge is 0.332 e. The Morgan fingerprint density at radius 1 is 1.11 bits per heavy atom. The minimum Gasteiger partial charge on any atom is -0.332 e. The van der Waals surface area contributed by atoms with Crippen molar-refractivity contribution in [3.63, 3.8) is 0 Å². The van der Waals surface area contributed by atoms with Crippen molar-refractivity contribution in [2.75, 3.05) is 18.9 Å². The van der Waals surface area contributed by atoms with Gasteiger partial charge in [0.1, 0.15) is 5.82 Å². The Kier molecular flexibility index (Phi) is 5.52. The van der Waals surface area contributed by atoms with E-state index in [4.69, 9.17) is 0 Å². The molecule has 28 heavy (non-hydrogen) atoms. The highest BCUT2D eigenvalue weighted by atomic mass is 32.1. The SMILES string of the molecule is Cc1cc(C)c(NC(=O)CN(C)C(=O)c2sc3cccc(F)c3c2C)c(C)c1. The Balaban J connectivity index is 1.77. The fraction of sp³-hybridized carbons (Fsp3) is 0.273. The number of thiophene rings is 1. The Morgan fingerprint density at radius 2 is 1.75 bits per heavy atom. The molecule has 0 bridgehead atoms. The van der Waals surface area contributed by atoms with Crippen molar-refractivity contribution in [3.8, 4) is 0 Å².